The maximum atomic E-state index is 13.4. The molecule has 1 aliphatic rings. The molecule has 5 rings (SSSR count). The number of benzene rings is 1. The second-order valence-corrected chi connectivity index (χ2v) is 8.97. The molecule has 4 aromatic rings. The largest absolute Gasteiger partial charge is 0.376 e. The quantitative estimate of drug-likeness (QED) is 0.505. The molecule has 164 valence electrons. The Bertz CT molecular complexity index is 1430. The Balaban J connectivity index is 1.61. The van der Waals surface area contributed by atoms with Gasteiger partial charge in [0, 0.05) is 23.9 Å². The summed E-state index contributed by atoms with van der Waals surface area (Å²) in [5.74, 6) is -0.345. The van der Waals surface area contributed by atoms with Gasteiger partial charge in [-0.15, -0.1) is 11.3 Å². The third-order valence-electron chi connectivity index (χ3n) is 5.66. The lowest BCUT2D eigenvalue weighted by molar-refractivity contribution is -0.116. The molecule has 0 saturated carbocycles. The first-order chi connectivity index (χ1) is 15.5. The van der Waals surface area contributed by atoms with E-state index in [1.807, 2.05) is 37.3 Å². The average molecular weight is 451 g/mol. The Morgan fingerprint density at radius 3 is 2.78 bits per heavy atom. The molecular weight excluding hydrogens is 428 g/mol. The summed E-state index contributed by atoms with van der Waals surface area (Å²) in [4.78, 5) is 44.6. The summed E-state index contributed by atoms with van der Waals surface area (Å²) in [6.45, 7) is 2.56. The normalized spacial score (nSPS) is 16.1. The summed E-state index contributed by atoms with van der Waals surface area (Å²) in [6.07, 6.45) is 3.17. The molecular formula is C23H22N4O4S. The molecule has 1 fully saturated rings. The number of rotatable bonds is 5. The van der Waals surface area contributed by atoms with Crippen LogP contribution in [0.1, 0.15) is 18.4 Å². The molecule has 0 aliphatic carbocycles. The molecule has 1 atom stereocenters. The number of carbonyl (C=O) groups excluding carboxylic acids is 1. The van der Waals surface area contributed by atoms with Gasteiger partial charge in [-0.3, -0.25) is 18.7 Å². The fourth-order valence-corrected chi connectivity index (χ4v) is 5.16. The number of amides is 1. The van der Waals surface area contributed by atoms with Crippen molar-refractivity contribution in [1.82, 2.24) is 14.1 Å². The fraction of sp³-hybridized carbons (Fsp3) is 0.304. The van der Waals surface area contributed by atoms with Crippen LogP contribution in [0.5, 0.6) is 0 Å². The lowest BCUT2D eigenvalue weighted by atomic mass is 10.2. The van der Waals surface area contributed by atoms with Crippen molar-refractivity contribution in [2.75, 3.05) is 11.9 Å². The van der Waals surface area contributed by atoms with E-state index >= 15 is 0 Å². The zero-order valence-electron chi connectivity index (χ0n) is 17.5. The SMILES string of the molecule is Cc1ccc(NC(=O)Cn2c(=O)n(CC3CCCO3)c(=O)c3sc4ncccc4c32)cc1. The first-order valence-electron chi connectivity index (χ1n) is 10.5. The fourth-order valence-electron chi connectivity index (χ4n) is 4.06. The molecule has 9 heteroatoms. The van der Waals surface area contributed by atoms with Crippen molar-refractivity contribution in [3.63, 3.8) is 0 Å². The van der Waals surface area contributed by atoms with Crippen molar-refractivity contribution in [3.8, 4) is 0 Å². The van der Waals surface area contributed by atoms with Crippen LogP contribution >= 0.6 is 11.3 Å². The first kappa shape index (κ1) is 20.6. The van der Waals surface area contributed by atoms with E-state index in [1.165, 1.54) is 20.5 Å². The minimum absolute atomic E-state index is 0.175. The molecule has 1 aromatic carbocycles. The van der Waals surface area contributed by atoms with Gasteiger partial charge in [-0.25, -0.2) is 9.78 Å². The lowest BCUT2D eigenvalue weighted by Gasteiger charge is -2.15. The Morgan fingerprint density at radius 2 is 2.03 bits per heavy atom. The first-order valence-corrected chi connectivity index (χ1v) is 11.3. The maximum absolute atomic E-state index is 13.4. The molecule has 32 heavy (non-hydrogen) atoms. The van der Waals surface area contributed by atoms with E-state index < -0.39 is 5.69 Å². The van der Waals surface area contributed by atoms with E-state index in [0.29, 0.717) is 32.7 Å². The highest BCUT2D eigenvalue weighted by atomic mass is 32.1. The lowest BCUT2D eigenvalue weighted by Crippen LogP contribution is -2.43. The number of ether oxygens (including phenoxy) is 1. The Morgan fingerprint density at radius 1 is 1.22 bits per heavy atom. The van der Waals surface area contributed by atoms with Crippen LogP contribution < -0.4 is 16.6 Å². The van der Waals surface area contributed by atoms with Crippen LogP contribution in [0.4, 0.5) is 5.69 Å². The predicted molar refractivity (Wildman–Crippen MR) is 124 cm³/mol. The summed E-state index contributed by atoms with van der Waals surface area (Å²) in [6, 6.07) is 11.0. The number of hydrogen-bond acceptors (Lipinski definition) is 6. The van der Waals surface area contributed by atoms with Crippen LogP contribution in [0.15, 0.2) is 52.2 Å². The molecule has 1 unspecified atom stereocenters. The highest BCUT2D eigenvalue weighted by molar-refractivity contribution is 7.25. The van der Waals surface area contributed by atoms with Gasteiger partial charge in [0.05, 0.1) is 18.2 Å². The van der Waals surface area contributed by atoms with Crippen molar-refractivity contribution in [2.45, 2.75) is 39.0 Å². The van der Waals surface area contributed by atoms with Gasteiger partial charge in [0.25, 0.3) is 5.56 Å². The molecule has 0 radical (unpaired) electrons. The monoisotopic (exact) mass is 450 g/mol. The van der Waals surface area contributed by atoms with E-state index in [2.05, 4.69) is 10.3 Å². The number of aromatic nitrogens is 3. The summed E-state index contributed by atoms with van der Waals surface area (Å²) in [7, 11) is 0. The van der Waals surface area contributed by atoms with Crippen LogP contribution in [-0.4, -0.2) is 32.7 Å². The minimum Gasteiger partial charge on any atom is -0.376 e. The van der Waals surface area contributed by atoms with Crippen molar-refractivity contribution in [2.24, 2.45) is 0 Å². The van der Waals surface area contributed by atoms with E-state index in [0.717, 1.165) is 18.4 Å². The molecule has 0 spiro atoms. The molecule has 1 N–H and O–H groups in total. The van der Waals surface area contributed by atoms with Gasteiger partial charge in [-0.05, 0) is 44.0 Å². The molecule has 8 nitrogen and oxygen atoms in total. The smallest absolute Gasteiger partial charge is 0.332 e. The average Bonchev–Trinajstić information content (AvgIpc) is 3.44. The number of nitrogens with zero attached hydrogens (tertiary/aromatic N) is 3. The third-order valence-corrected chi connectivity index (χ3v) is 6.75. The number of anilines is 1. The molecule has 3 aromatic heterocycles. The predicted octanol–water partition coefficient (Wildman–Crippen LogP) is 2.90. The van der Waals surface area contributed by atoms with Gasteiger partial charge in [-0.2, -0.15) is 0 Å². The van der Waals surface area contributed by atoms with Crippen molar-refractivity contribution >= 4 is 43.4 Å². The van der Waals surface area contributed by atoms with Crippen LogP contribution in [0.25, 0.3) is 20.4 Å². The van der Waals surface area contributed by atoms with Gasteiger partial charge >= 0.3 is 5.69 Å². The number of thiophene rings is 1. The number of pyridine rings is 1. The number of fused-ring (bicyclic) bond motifs is 3. The van der Waals surface area contributed by atoms with E-state index in [4.69, 9.17) is 4.74 Å². The van der Waals surface area contributed by atoms with Crippen molar-refractivity contribution in [1.29, 1.82) is 0 Å². The van der Waals surface area contributed by atoms with E-state index in [-0.39, 0.29) is 30.7 Å². The summed E-state index contributed by atoms with van der Waals surface area (Å²) in [5, 5.41) is 3.52. The molecule has 1 amide bonds. The van der Waals surface area contributed by atoms with E-state index in [9.17, 15) is 14.4 Å². The molecule has 4 heterocycles. The Hall–Kier alpha value is -3.30. The second kappa shape index (κ2) is 8.33. The third kappa shape index (κ3) is 3.74. The topological polar surface area (TPSA) is 95.2 Å². The maximum Gasteiger partial charge on any atom is 0.332 e. The zero-order valence-corrected chi connectivity index (χ0v) is 18.4. The van der Waals surface area contributed by atoms with Crippen LogP contribution in [0.3, 0.4) is 0 Å². The van der Waals surface area contributed by atoms with Gasteiger partial charge < -0.3 is 10.1 Å². The highest BCUT2D eigenvalue weighted by Crippen LogP contribution is 2.29. The molecule has 1 saturated heterocycles. The van der Waals surface area contributed by atoms with Gasteiger partial charge in [0.2, 0.25) is 5.91 Å². The van der Waals surface area contributed by atoms with E-state index in [1.54, 1.807) is 12.3 Å². The van der Waals surface area contributed by atoms with Gasteiger partial charge in [0.15, 0.2) is 0 Å². The number of aryl methyl sites for hydroxylation is 1. The Labute approximate surface area is 187 Å². The second-order valence-electron chi connectivity index (χ2n) is 7.97. The molecule has 0 bridgehead atoms. The van der Waals surface area contributed by atoms with Crippen LogP contribution in [0.2, 0.25) is 0 Å². The minimum atomic E-state index is -0.513. The number of hydrogen-bond donors (Lipinski definition) is 1. The summed E-state index contributed by atoms with van der Waals surface area (Å²) < 4.78 is 8.65. The van der Waals surface area contributed by atoms with Crippen molar-refractivity contribution in [3.05, 3.63) is 69.0 Å². The van der Waals surface area contributed by atoms with Crippen molar-refractivity contribution < 1.29 is 9.53 Å². The zero-order chi connectivity index (χ0) is 22.2. The Kier molecular flexibility index (Phi) is 5.36. The van der Waals surface area contributed by atoms with Gasteiger partial charge in [-0.1, -0.05) is 17.7 Å². The summed E-state index contributed by atoms with van der Waals surface area (Å²) in [5.41, 5.74) is 1.31. The number of nitrogens with one attached hydrogen (secondary N) is 1. The number of carbonyl (C=O) groups is 1. The molecule has 1 aliphatic heterocycles. The standard InChI is InChI=1S/C23H22N4O4S/c1-14-6-8-15(9-7-14)25-18(28)13-26-19-17-5-2-10-24-21(17)32-20(19)22(29)27(23(26)30)12-16-4-3-11-31-16/h2,5-10,16H,3-4,11-13H2,1H3,(H,25,28). The van der Waals surface area contributed by atoms with Crippen LogP contribution in [-0.2, 0) is 22.6 Å². The highest BCUT2D eigenvalue weighted by Gasteiger charge is 2.23. The van der Waals surface area contributed by atoms with Gasteiger partial charge in [0.1, 0.15) is 16.1 Å². The summed E-state index contributed by atoms with van der Waals surface area (Å²) >= 11 is 1.24. The van der Waals surface area contributed by atoms with Crippen LogP contribution in [0, 0.1) is 6.92 Å².